The molecular formula is C22H20ClFN6O. The number of piperidine rings is 1. The molecule has 1 saturated heterocycles. The van der Waals surface area contributed by atoms with E-state index in [-0.39, 0.29) is 18.0 Å². The van der Waals surface area contributed by atoms with Crippen molar-refractivity contribution in [2.45, 2.75) is 24.9 Å². The van der Waals surface area contributed by atoms with E-state index >= 15 is 0 Å². The quantitative estimate of drug-likeness (QED) is 0.621. The van der Waals surface area contributed by atoms with E-state index in [4.69, 9.17) is 11.6 Å². The average molecular weight is 439 g/mol. The Morgan fingerprint density at radius 1 is 1.10 bits per heavy atom. The first-order valence-electron chi connectivity index (χ1n) is 10.1. The topological polar surface area (TPSA) is 75.1 Å². The fraction of sp³-hybridized carbons (Fsp3) is 0.318. The molecular weight excluding hydrogens is 419 g/mol. The number of nitrogens with zero attached hydrogens (tertiary/aromatic N) is 6. The second-order valence-electron chi connectivity index (χ2n) is 8.01. The van der Waals surface area contributed by atoms with Crippen molar-refractivity contribution in [1.82, 2.24) is 24.8 Å². The van der Waals surface area contributed by atoms with Crippen molar-refractivity contribution in [2.75, 3.05) is 18.5 Å². The molecule has 3 atom stereocenters. The van der Waals surface area contributed by atoms with Crippen LogP contribution in [0.5, 0.6) is 0 Å². The first-order chi connectivity index (χ1) is 15.0. The number of aromatic nitrogens is 4. The first kappa shape index (κ1) is 19.8. The number of likely N-dealkylation sites (tertiary alicyclic amines) is 1. The molecule has 0 spiro atoms. The molecule has 0 N–H and O–H groups in total. The van der Waals surface area contributed by atoms with Crippen LogP contribution in [0, 0.1) is 11.7 Å². The molecule has 1 aliphatic carbocycles. The van der Waals surface area contributed by atoms with Gasteiger partial charge >= 0.3 is 0 Å². The zero-order valence-corrected chi connectivity index (χ0v) is 17.6. The van der Waals surface area contributed by atoms with Crippen LogP contribution in [0.1, 0.15) is 23.2 Å². The van der Waals surface area contributed by atoms with Gasteiger partial charge in [-0.1, -0.05) is 29.8 Å². The van der Waals surface area contributed by atoms with Crippen LogP contribution >= 0.6 is 11.6 Å². The number of halogens is 2. The van der Waals surface area contributed by atoms with Crippen molar-refractivity contribution in [1.29, 1.82) is 0 Å². The Morgan fingerprint density at radius 2 is 1.81 bits per heavy atom. The zero-order chi connectivity index (χ0) is 21.5. The van der Waals surface area contributed by atoms with E-state index in [1.807, 2.05) is 29.0 Å². The largest absolute Gasteiger partial charge is 0.339 e. The molecule has 7 nitrogen and oxygen atoms in total. The number of benzene rings is 1. The summed E-state index contributed by atoms with van der Waals surface area (Å²) in [7, 11) is 1.96. The molecule has 2 aromatic heterocycles. The minimum atomic E-state index is -0.514. The van der Waals surface area contributed by atoms with Gasteiger partial charge in [0.1, 0.15) is 0 Å². The number of carbonyl (C=O) groups excluding carboxylic acids is 1. The summed E-state index contributed by atoms with van der Waals surface area (Å²) in [5.41, 5.74) is 1.12. The minimum absolute atomic E-state index is 0.0592. The molecule has 2 unspecified atom stereocenters. The van der Waals surface area contributed by atoms with Crippen LogP contribution < -0.4 is 4.90 Å². The minimum Gasteiger partial charge on any atom is -0.339 e. The van der Waals surface area contributed by atoms with Gasteiger partial charge in [-0.15, -0.1) is 0 Å². The van der Waals surface area contributed by atoms with Gasteiger partial charge in [0.05, 0.1) is 47.5 Å². The maximum Gasteiger partial charge on any atom is 0.254 e. The van der Waals surface area contributed by atoms with Crippen LogP contribution in [0.3, 0.4) is 0 Å². The van der Waals surface area contributed by atoms with Crippen molar-refractivity contribution in [3.63, 3.8) is 0 Å². The summed E-state index contributed by atoms with van der Waals surface area (Å²) in [4.78, 5) is 34.3. The molecule has 1 aliphatic heterocycles. The number of hydrogen-bond donors (Lipinski definition) is 0. The highest BCUT2D eigenvalue weighted by molar-refractivity contribution is 6.30. The van der Waals surface area contributed by atoms with Crippen molar-refractivity contribution < 1.29 is 9.18 Å². The van der Waals surface area contributed by atoms with E-state index in [0.717, 1.165) is 25.2 Å². The predicted octanol–water partition coefficient (Wildman–Crippen LogP) is 3.47. The molecule has 158 valence electrons. The Bertz CT molecular complexity index is 1110. The molecule has 31 heavy (non-hydrogen) atoms. The predicted molar refractivity (Wildman–Crippen MR) is 114 cm³/mol. The number of likely N-dealkylation sites (N-methyl/N-ethyl adjacent to an activating group) is 1. The molecule has 0 radical (unpaired) electrons. The lowest BCUT2D eigenvalue weighted by atomic mass is 10.0. The summed E-state index contributed by atoms with van der Waals surface area (Å²) < 4.78 is 13.3. The fourth-order valence-corrected chi connectivity index (χ4v) is 4.84. The van der Waals surface area contributed by atoms with Gasteiger partial charge in [0.15, 0.2) is 11.6 Å². The van der Waals surface area contributed by atoms with Gasteiger partial charge in [-0.25, -0.2) is 24.3 Å². The smallest absolute Gasteiger partial charge is 0.254 e. The second-order valence-corrected chi connectivity index (χ2v) is 8.45. The van der Waals surface area contributed by atoms with Gasteiger partial charge in [0, 0.05) is 19.2 Å². The SMILES string of the molecule is CN(c1ncc(Cl)cn1)C1C[C@H]2CC1N(C(=O)c1ccccc1-c1ncc(F)cn1)C2. The van der Waals surface area contributed by atoms with Gasteiger partial charge in [-0.2, -0.15) is 0 Å². The third-order valence-electron chi connectivity index (χ3n) is 6.15. The lowest BCUT2D eigenvalue weighted by Crippen LogP contribution is -2.51. The Hall–Kier alpha value is -3.13. The van der Waals surface area contributed by atoms with Crippen LogP contribution in [0.15, 0.2) is 49.1 Å². The Labute approximate surface area is 183 Å². The summed E-state index contributed by atoms with van der Waals surface area (Å²) in [6.07, 6.45) is 7.31. The molecule has 1 aromatic carbocycles. The zero-order valence-electron chi connectivity index (χ0n) is 16.8. The molecule has 2 bridgehead atoms. The average Bonchev–Trinajstić information content (AvgIpc) is 3.40. The summed E-state index contributed by atoms with van der Waals surface area (Å²) in [5.74, 6) is 0.779. The van der Waals surface area contributed by atoms with Gasteiger partial charge in [0.25, 0.3) is 5.91 Å². The molecule has 1 saturated carbocycles. The summed E-state index contributed by atoms with van der Waals surface area (Å²) in [5, 5.41) is 0.488. The maximum absolute atomic E-state index is 13.6. The number of fused-ring (bicyclic) bond motifs is 2. The number of anilines is 1. The lowest BCUT2D eigenvalue weighted by Gasteiger charge is -2.38. The van der Waals surface area contributed by atoms with Crippen LogP contribution in [-0.4, -0.2) is 56.4 Å². The summed E-state index contributed by atoms with van der Waals surface area (Å²) in [6.45, 7) is 0.716. The third kappa shape index (κ3) is 3.61. The van der Waals surface area contributed by atoms with E-state index in [1.54, 1.807) is 24.5 Å². The van der Waals surface area contributed by atoms with Crippen molar-refractivity contribution in [2.24, 2.45) is 5.92 Å². The normalized spacial score (nSPS) is 22.0. The fourth-order valence-electron chi connectivity index (χ4n) is 4.75. The van der Waals surface area contributed by atoms with Crippen molar-refractivity contribution in [3.8, 4) is 11.4 Å². The number of hydrogen-bond acceptors (Lipinski definition) is 6. The highest BCUT2D eigenvalue weighted by Gasteiger charge is 2.49. The number of carbonyl (C=O) groups is 1. The van der Waals surface area contributed by atoms with Crippen LogP contribution in [0.2, 0.25) is 5.02 Å². The van der Waals surface area contributed by atoms with E-state index in [2.05, 4.69) is 19.9 Å². The lowest BCUT2D eigenvalue weighted by molar-refractivity contribution is 0.0683. The maximum atomic E-state index is 13.6. The van der Waals surface area contributed by atoms with Gasteiger partial charge in [-0.3, -0.25) is 4.79 Å². The number of rotatable bonds is 4. The van der Waals surface area contributed by atoms with E-state index in [1.165, 1.54) is 0 Å². The first-order valence-corrected chi connectivity index (χ1v) is 10.5. The van der Waals surface area contributed by atoms with Crippen LogP contribution in [-0.2, 0) is 0 Å². The second kappa shape index (κ2) is 7.85. The molecule has 2 aliphatic rings. The standard InChI is InChI=1S/C22H20ClFN6O/c1-29(22-27-8-14(23)9-28-22)18-6-13-7-19(18)30(12-13)21(31)17-5-3-2-4-16(17)20-25-10-15(24)11-26-20/h2-5,8-11,13,18-19H,6-7,12H2,1H3/t13-,18?,19?/m0/s1. The molecule has 3 heterocycles. The highest BCUT2D eigenvalue weighted by atomic mass is 35.5. The van der Waals surface area contributed by atoms with E-state index in [0.29, 0.717) is 40.4 Å². The van der Waals surface area contributed by atoms with Gasteiger partial charge in [0.2, 0.25) is 5.95 Å². The summed E-state index contributed by atoms with van der Waals surface area (Å²) in [6, 6.07) is 7.39. The highest BCUT2D eigenvalue weighted by Crippen LogP contribution is 2.41. The molecule has 2 fully saturated rings. The molecule has 9 heteroatoms. The number of amides is 1. The van der Waals surface area contributed by atoms with Crippen LogP contribution in [0.25, 0.3) is 11.4 Å². The third-order valence-corrected chi connectivity index (χ3v) is 6.34. The van der Waals surface area contributed by atoms with Crippen molar-refractivity contribution in [3.05, 3.63) is 65.5 Å². The van der Waals surface area contributed by atoms with Gasteiger partial charge < -0.3 is 9.80 Å². The Kier molecular flexibility index (Phi) is 5.02. The van der Waals surface area contributed by atoms with Crippen molar-refractivity contribution >= 4 is 23.5 Å². The van der Waals surface area contributed by atoms with E-state index in [9.17, 15) is 9.18 Å². The Balaban J connectivity index is 1.42. The molecule has 1 amide bonds. The molecule has 3 aromatic rings. The monoisotopic (exact) mass is 438 g/mol. The molecule has 5 rings (SSSR count). The van der Waals surface area contributed by atoms with Crippen LogP contribution in [0.4, 0.5) is 10.3 Å². The Morgan fingerprint density at radius 3 is 2.52 bits per heavy atom. The van der Waals surface area contributed by atoms with E-state index < -0.39 is 5.82 Å². The van der Waals surface area contributed by atoms with Gasteiger partial charge in [-0.05, 0) is 24.8 Å². The summed E-state index contributed by atoms with van der Waals surface area (Å²) >= 11 is 5.92.